The van der Waals surface area contributed by atoms with Crippen molar-refractivity contribution < 1.29 is 9.18 Å². The second-order valence-electron chi connectivity index (χ2n) is 12.6. The Morgan fingerprint density at radius 2 is 1.83 bits per heavy atom. The van der Waals surface area contributed by atoms with Crippen LogP contribution in [0.4, 0.5) is 16.0 Å². The molecule has 1 saturated heterocycles. The molecule has 214 valence electrons. The summed E-state index contributed by atoms with van der Waals surface area (Å²) in [7, 11) is 0. The summed E-state index contributed by atoms with van der Waals surface area (Å²) in [5.74, 6) is 1.07. The fourth-order valence-corrected chi connectivity index (χ4v) is 6.21. The zero-order chi connectivity index (χ0) is 28.9. The summed E-state index contributed by atoms with van der Waals surface area (Å²) in [4.78, 5) is 24.3. The summed E-state index contributed by atoms with van der Waals surface area (Å²) < 4.78 is 16.8. The minimum atomic E-state index is -0.302. The molecule has 2 N–H and O–H groups in total. The largest absolute Gasteiger partial charge is 0.338 e. The molecule has 0 spiro atoms. The van der Waals surface area contributed by atoms with Gasteiger partial charge in [0.1, 0.15) is 18.2 Å². The van der Waals surface area contributed by atoms with E-state index in [1.807, 2.05) is 42.8 Å². The first-order valence-electron chi connectivity index (χ1n) is 14.4. The summed E-state index contributed by atoms with van der Waals surface area (Å²) >= 11 is 0. The molecule has 3 aromatic heterocycles. The molecule has 9 heteroatoms. The second kappa shape index (κ2) is 10.5. The summed E-state index contributed by atoms with van der Waals surface area (Å²) in [6, 6.07) is 9.87. The van der Waals surface area contributed by atoms with Crippen molar-refractivity contribution in [3.05, 3.63) is 65.5 Å². The highest BCUT2D eigenvalue weighted by molar-refractivity contribution is 5.89. The van der Waals surface area contributed by atoms with Crippen LogP contribution in [0, 0.1) is 25.1 Å². The number of halogens is 1. The van der Waals surface area contributed by atoms with Crippen LogP contribution in [0.15, 0.2) is 42.7 Å². The molecule has 2 unspecified atom stereocenters. The fraction of sp³-hybridized carbons (Fsp3) is 0.438. The Balaban J connectivity index is 1.19. The Labute approximate surface area is 240 Å². The Kier molecular flexibility index (Phi) is 7.01. The van der Waals surface area contributed by atoms with Gasteiger partial charge in [0.25, 0.3) is 0 Å². The zero-order valence-corrected chi connectivity index (χ0v) is 24.5. The molecule has 0 radical (unpaired) electrons. The van der Waals surface area contributed by atoms with Crippen LogP contribution >= 0.6 is 0 Å². The van der Waals surface area contributed by atoms with Crippen molar-refractivity contribution in [3.8, 4) is 11.1 Å². The molecule has 1 amide bonds. The van der Waals surface area contributed by atoms with Gasteiger partial charge in [0.15, 0.2) is 5.82 Å². The van der Waals surface area contributed by atoms with Gasteiger partial charge >= 0.3 is 0 Å². The number of pyridine rings is 2. The van der Waals surface area contributed by atoms with Crippen LogP contribution < -0.4 is 10.6 Å². The van der Waals surface area contributed by atoms with Crippen molar-refractivity contribution in [2.75, 3.05) is 18.4 Å². The number of anilines is 2. The van der Waals surface area contributed by atoms with Crippen molar-refractivity contribution in [2.45, 2.75) is 72.5 Å². The minimum Gasteiger partial charge on any atom is -0.338 e. The molecule has 41 heavy (non-hydrogen) atoms. The topological polar surface area (TPSA) is 88.0 Å². The molecular formula is C32H38FN7O. The highest BCUT2D eigenvalue weighted by Crippen LogP contribution is 2.32. The van der Waals surface area contributed by atoms with E-state index in [1.54, 1.807) is 12.4 Å². The van der Waals surface area contributed by atoms with Crippen molar-refractivity contribution >= 4 is 28.3 Å². The van der Waals surface area contributed by atoms with E-state index in [2.05, 4.69) is 46.3 Å². The minimum absolute atomic E-state index is 0.122. The summed E-state index contributed by atoms with van der Waals surface area (Å²) in [6.45, 7) is 12.5. The van der Waals surface area contributed by atoms with Crippen LogP contribution in [0.2, 0.25) is 0 Å². The number of carbonyl (C=O) groups excluding carboxylic acids is 1. The van der Waals surface area contributed by atoms with E-state index >= 15 is 4.39 Å². The smallest absolute Gasteiger partial charge is 0.244 e. The van der Waals surface area contributed by atoms with E-state index in [9.17, 15) is 4.79 Å². The first-order valence-corrected chi connectivity index (χ1v) is 14.4. The number of hydrogen-bond donors (Lipinski definition) is 2. The zero-order valence-electron chi connectivity index (χ0n) is 24.5. The highest BCUT2D eigenvalue weighted by atomic mass is 19.1. The SMILES string of the molecule is Cc1cc(C)c(-c2cc3cc(Nc4cc5n(n4)CC(=O)N(C4CCNC(C(C)(C)C)C4)CC5)ncc3cc2F)cn1. The lowest BCUT2D eigenvalue weighted by molar-refractivity contribution is -0.134. The molecular weight excluding hydrogens is 517 g/mol. The summed E-state index contributed by atoms with van der Waals surface area (Å²) in [5.41, 5.74) is 4.35. The van der Waals surface area contributed by atoms with E-state index in [-0.39, 0.29) is 29.7 Å². The second-order valence-corrected chi connectivity index (χ2v) is 12.6. The summed E-state index contributed by atoms with van der Waals surface area (Å²) in [5, 5.41) is 13.2. The Hall–Kier alpha value is -3.85. The lowest BCUT2D eigenvalue weighted by Crippen LogP contribution is -2.54. The third-order valence-electron chi connectivity index (χ3n) is 8.54. The van der Waals surface area contributed by atoms with E-state index in [1.165, 1.54) is 6.07 Å². The van der Waals surface area contributed by atoms with Crippen LogP contribution in [-0.2, 0) is 17.8 Å². The molecule has 8 nitrogen and oxygen atoms in total. The van der Waals surface area contributed by atoms with Gasteiger partial charge in [-0.2, -0.15) is 5.10 Å². The van der Waals surface area contributed by atoms with Crippen LogP contribution in [0.25, 0.3) is 21.9 Å². The van der Waals surface area contributed by atoms with Gasteiger partial charge in [-0.05, 0) is 73.9 Å². The van der Waals surface area contributed by atoms with Gasteiger partial charge in [0, 0.05) is 71.4 Å². The average molecular weight is 556 g/mol. The van der Waals surface area contributed by atoms with Crippen molar-refractivity contribution in [3.63, 3.8) is 0 Å². The monoisotopic (exact) mass is 555 g/mol. The lowest BCUT2D eigenvalue weighted by atomic mass is 9.80. The molecule has 5 heterocycles. The highest BCUT2D eigenvalue weighted by Gasteiger charge is 2.35. The van der Waals surface area contributed by atoms with Crippen molar-refractivity contribution in [1.29, 1.82) is 0 Å². The Morgan fingerprint density at radius 1 is 1.00 bits per heavy atom. The number of nitrogens with zero attached hydrogens (tertiary/aromatic N) is 5. The van der Waals surface area contributed by atoms with E-state index in [4.69, 9.17) is 5.10 Å². The average Bonchev–Trinajstić information content (AvgIpc) is 3.21. The quantitative estimate of drug-likeness (QED) is 0.344. The maximum absolute atomic E-state index is 15.0. The molecule has 2 aliphatic rings. The van der Waals surface area contributed by atoms with Crippen molar-refractivity contribution in [1.82, 2.24) is 30.0 Å². The molecule has 2 atom stereocenters. The molecule has 2 aliphatic heterocycles. The molecule has 6 rings (SSSR count). The fourth-order valence-electron chi connectivity index (χ4n) is 6.21. The Bertz CT molecular complexity index is 1620. The van der Waals surface area contributed by atoms with E-state index in [0.29, 0.717) is 35.2 Å². The number of nitrogens with one attached hydrogen (secondary N) is 2. The van der Waals surface area contributed by atoms with Gasteiger partial charge in [-0.25, -0.2) is 9.37 Å². The third kappa shape index (κ3) is 5.55. The number of piperidine rings is 1. The number of aryl methyl sites for hydroxylation is 2. The number of rotatable bonds is 4. The molecule has 0 bridgehead atoms. The molecule has 0 saturated carbocycles. The predicted molar refractivity (Wildman–Crippen MR) is 160 cm³/mol. The van der Waals surface area contributed by atoms with Gasteiger partial charge in [-0.15, -0.1) is 0 Å². The van der Waals surface area contributed by atoms with E-state index in [0.717, 1.165) is 53.7 Å². The Morgan fingerprint density at radius 3 is 2.61 bits per heavy atom. The van der Waals surface area contributed by atoms with Gasteiger partial charge in [0.2, 0.25) is 5.91 Å². The number of carbonyl (C=O) groups is 1. The number of benzene rings is 1. The number of amides is 1. The van der Waals surface area contributed by atoms with Gasteiger partial charge in [-0.1, -0.05) is 20.8 Å². The molecule has 0 aliphatic carbocycles. The van der Waals surface area contributed by atoms with Crippen LogP contribution in [0.1, 0.15) is 50.6 Å². The first-order chi connectivity index (χ1) is 19.5. The van der Waals surface area contributed by atoms with Gasteiger partial charge < -0.3 is 15.5 Å². The van der Waals surface area contributed by atoms with Gasteiger partial charge in [-0.3, -0.25) is 14.5 Å². The normalized spacial score (nSPS) is 19.8. The standard InChI is InChI=1S/C32H38FN7O/c1-19-10-20(2)35-17-26(19)25-11-21-13-29(36-16-22(21)12-27(25)33)37-30-15-24-7-9-39(31(41)18-40(24)38-30)23-6-8-34-28(14-23)32(3,4)5/h10-13,15-17,23,28,34H,6-9,14,18H2,1-5H3,(H,36,37,38). The van der Waals surface area contributed by atoms with Crippen LogP contribution in [-0.4, -0.2) is 55.7 Å². The molecule has 4 aromatic rings. The van der Waals surface area contributed by atoms with Gasteiger partial charge in [0.05, 0.1) is 0 Å². The number of hydrogen-bond acceptors (Lipinski definition) is 6. The molecule has 1 aromatic carbocycles. The number of aromatic nitrogens is 4. The maximum Gasteiger partial charge on any atom is 0.244 e. The maximum atomic E-state index is 15.0. The van der Waals surface area contributed by atoms with Crippen molar-refractivity contribution in [2.24, 2.45) is 5.41 Å². The van der Waals surface area contributed by atoms with E-state index < -0.39 is 0 Å². The lowest BCUT2D eigenvalue weighted by Gasteiger charge is -2.42. The third-order valence-corrected chi connectivity index (χ3v) is 8.54. The van der Waals surface area contributed by atoms with Crippen LogP contribution in [0.3, 0.4) is 0 Å². The van der Waals surface area contributed by atoms with Crippen LogP contribution in [0.5, 0.6) is 0 Å². The predicted octanol–water partition coefficient (Wildman–Crippen LogP) is 5.54. The number of fused-ring (bicyclic) bond motifs is 2. The molecule has 1 fully saturated rings. The summed E-state index contributed by atoms with van der Waals surface area (Å²) in [6.07, 6.45) is 6.10. The first kappa shape index (κ1) is 27.3.